The lowest BCUT2D eigenvalue weighted by Gasteiger charge is -2.25. The summed E-state index contributed by atoms with van der Waals surface area (Å²) in [6.07, 6.45) is 4.82. The second kappa shape index (κ2) is 4.93. The number of hydrogen-bond donors (Lipinski definition) is 1. The summed E-state index contributed by atoms with van der Waals surface area (Å²) < 4.78 is 0. The third-order valence-corrected chi connectivity index (χ3v) is 4.79. The van der Waals surface area contributed by atoms with Gasteiger partial charge in [0, 0.05) is 24.4 Å². The van der Waals surface area contributed by atoms with Crippen LogP contribution in [0.2, 0.25) is 0 Å². The lowest BCUT2D eigenvalue weighted by atomic mass is 9.89. The van der Waals surface area contributed by atoms with Gasteiger partial charge in [0.2, 0.25) is 0 Å². The van der Waals surface area contributed by atoms with Crippen molar-refractivity contribution >= 4 is 5.78 Å². The molecule has 1 saturated heterocycles. The van der Waals surface area contributed by atoms with Crippen molar-refractivity contribution < 1.29 is 9.90 Å². The Kier molecular flexibility index (Phi) is 3.84. The minimum atomic E-state index is -0.506. The zero-order valence-corrected chi connectivity index (χ0v) is 12.0. The third kappa shape index (κ3) is 3.12. The minimum absolute atomic E-state index is 0.109. The van der Waals surface area contributed by atoms with Crippen LogP contribution in [0, 0.1) is 11.3 Å². The number of carbonyl (C=O) groups is 1. The average molecular weight is 253 g/mol. The molecule has 0 aromatic heterocycles. The molecule has 1 heterocycles. The molecule has 1 aliphatic carbocycles. The van der Waals surface area contributed by atoms with Crippen LogP contribution in [0.4, 0.5) is 0 Å². The maximum absolute atomic E-state index is 12.2. The zero-order valence-electron chi connectivity index (χ0n) is 12.0. The molecule has 2 rings (SSSR count). The van der Waals surface area contributed by atoms with E-state index in [0.29, 0.717) is 5.78 Å². The summed E-state index contributed by atoms with van der Waals surface area (Å²) in [6.45, 7) is 8.93. The number of likely N-dealkylation sites (tertiary alicyclic amines) is 1. The Labute approximate surface area is 111 Å². The Morgan fingerprint density at radius 1 is 1.22 bits per heavy atom. The lowest BCUT2D eigenvalue weighted by molar-refractivity contribution is -0.127. The molecule has 3 nitrogen and oxygen atoms in total. The van der Waals surface area contributed by atoms with E-state index in [9.17, 15) is 9.90 Å². The van der Waals surface area contributed by atoms with Gasteiger partial charge in [0.25, 0.3) is 0 Å². The van der Waals surface area contributed by atoms with Crippen molar-refractivity contribution in [3.63, 3.8) is 0 Å². The van der Waals surface area contributed by atoms with E-state index in [1.165, 1.54) is 0 Å². The number of Topliss-reactive ketones (excluding diaryl/α,β-unsaturated/α-hetero) is 1. The van der Waals surface area contributed by atoms with Gasteiger partial charge in [0.1, 0.15) is 5.78 Å². The fraction of sp³-hybridized carbons (Fsp3) is 0.933. The van der Waals surface area contributed by atoms with E-state index in [1.54, 1.807) is 0 Å². The van der Waals surface area contributed by atoms with Crippen LogP contribution in [0.5, 0.6) is 0 Å². The van der Waals surface area contributed by atoms with Gasteiger partial charge in [-0.25, -0.2) is 0 Å². The van der Waals surface area contributed by atoms with Crippen molar-refractivity contribution in [2.24, 2.45) is 11.3 Å². The molecule has 0 aromatic rings. The average Bonchev–Trinajstić information content (AvgIpc) is 2.45. The summed E-state index contributed by atoms with van der Waals surface area (Å²) in [6, 6.07) is 0. The van der Waals surface area contributed by atoms with E-state index in [-0.39, 0.29) is 11.3 Å². The highest BCUT2D eigenvalue weighted by atomic mass is 16.3. The number of aliphatic hydroxyl groups is 1. The fourth-order valence-corrected chi connectivity index (χ4v) is 3.33. The third-order valence-electron chi connectivity index (χ3n) is 4.79. The molecule has 0 bridgehead atoms. The molecule has 0 aromatic carbocycles. The van der Waals surface area contributed by atoms with Crippen LogP contribution < -0.4 is 0 Å². The van der Waals surface area contributed by atoms with E-state index >= 15 is 0 Å². The smallest absolute Gasteiger partial charge is 0.142 e. The predicted molar refractivity (Wildman–Crippen MR) is 72.4 cm³/mol. The molecular formula is C15H27NO2. The fourth-order valence-electron chi connectivity index (χ4n) is 3.33. The van der Waals surface area contributed by atoms with Gasteiger partial charge in [-0.1, -0.05) is 13.8 Å². The van der Waals surface area contributed by atoms with Gasteiger partial charge in [-0.15, -0.1) is 0 Å². The van der Waals surface area contributed by atoms with E-state index < -0.39 is 5.60 Å². The number of ketones is 1. The first-order chi connectivity index (χ1) is 8.30. The van der Waals surface area contributed by atoms with Gasteiger partial charge in [-0.2, -0.15) is 0 Å². The van der Waals surface area contributed by atoms with Crippen molar-refractivity contribution in [1.29, 1.82) is 0 Å². The van der Waals surface area contributed by atoms with Crippen LogP contribution in [0.3, 0.4) is 0 Å². The maximum Gasteiger partial charge on any atom is 0.142 e. The van der Waals surface area contributed by atoms with Gasteiger partial charge >= 0.3 is 0 Å². The Morgan fingerprint density at radius 2 is 1.94 bits per heavy atom. The second-order valence-corrected chi connectivity index (χ2v) is 7.13. The molecule has 1 N–H and O–H groups in total. The number of nitrogens with zero attached hydrogens (tertiary/aromatic N) is 1. The number of carbonyl (C=O) groups excluding carboxylic acids is 1. The normalized spacial score (nSPS) is 37.8. The summed E-state index contributed by atoms with van der Waals surface area (Å²) in [4.78, 5) is 14.6. The number of rotatable bonds is 2. The van der Waals surface area contributed by atoms with Crippen molar-refractivity contribution in [2.75, 3.05) is 19.6 Å². The van der Waals surface area contributed by atoms with Crippen molar-refractivity contribution in [1.82, 2.24) is 4.90 Å². The largest absolute Gasteiger partial charge is 0.390 e. The topological polar surface area (TPSA) is 40.5 Å². The Morgan fingerprint density at radius 3 is 2.56 bits per heavy atom. The van der Waals surface area contributed by atoms with Crippen LogP contribution in [0.15, 0.2) is 0 Å². The Balaban J connectivity index is 1.89. The standard InChI is InChI=1S/C15H27NO2/c1-14(2)7-5-12(13(14)17)11-16-9-4-6-15(3,18)8-10-16/h12,18H,4-11H2,1-3H3. The molecule has 1 aliphatic heterocycles. The van der Waals surface area contributed by atoms with Crippen molar-refractivity contribution in [3.05, 3.63) is 0 Å². The molecule has 2 fully saturated rings. The molecule has 0 spiro atoms. The highest BCUT2D eigenvalue weighted by Gasteiger charge is 2.41. The van der Waals surface area contributed by atoms with Gasteiger partial charge in [0.05, 0.1) is 5.60 Å². The van der Waals surface area contributed by atoms with E-state index in [2.05, 4.69) is 18.7 Å². The molecule has 0 amide bonds. The van der Waals surface area contributed by atoms with E-state index in [4.69, 9.17) is 0 Å². The van der Waals surface area contributed by atoms with Gasteiger partial charge < -0.3 is 10.0 Å². The van der Waals surface area contributed by atoms with E-state index in [0.717, 1.165) is 51.7 Å². The molecule has 2 unspecified atom stereocenters. The summed E-state index contributed by atoms with van der Waals surface area (Å²) in [5.74, 6) is 0.668. The van der Waals surface area contributed by atoms with Gasteiger partial charge in [-0.05, 0) is 45.6 Å². The molecule has 104 valence electrons. The predicted octanol–water partition coefficient (Wildman–Crippen LogP) is 2.23. The first-order valence-electron chi connectivity index (χ1n) is 7.29. The molecule has 1 saturated carbocycles. The SMILES string of the molecule is CC1(O)CCCN(CC2CCC(C)(C)C2=O)CC1. The highest BCUT2D eigenvalue weighted by Crippen LogP contribution is 2.38. The Hall–Kier alpha value is -0.410. The van der Waals surface area contributed by atoms with Crippen LogP contribution in [0.25, 0.3) is 0 Å². The minimum Gasteiger partial charge on any atom is -0.390 e. The zero-order chi connectivity index (χ0) is 13.4. The summed E-state index contributed by atoms with van der Waals surface area (Å²) >= 11 is 0. The van der Waals surface area contributed by atoms with Crippen LogP contribution in [-0.4, -0.2) is 41.0 Å². The van der Waals surface area contributed by atoms with Crippen LogP contribution in [-0.2, 0) is 4.79 Å². The van der Waals surface area contributed by atoms with Gasteiger partial charge in [-0.3, -0.25) is 4.79 Å². The quantitative estimate of drug-likeness (QED) is 0.820. The van der Waals surface area contributed by atoms with Crippen LogP contribution in [0.1, 0.15) is 52.9 Å². The molecule has 3 heteroatoms. The summed E-state index contributed by atoms with van der Waals surface area (Å²) in [5, 5.41) is 10.1. The van der Waals surface area contributed by atoms with Gasteiger partial charge in [0.15, 0.2) is 0 Å². The Bertz CT molecular complexity index is 322. The number of hydrogen-bond acceptors (Lipinski definition) is 3. The summed E-state index contributed by atoms with van der Waals surface area (Å²) in [5.41, 5.74) is -0.615. The first-order valence-corrected chi connectivity index (χ1v) is 7.29. The highest BCUT2D eigenvalue weighted by molar-refractivity contribution is 5.88. The first kappa shape index (κ1) is 14.0. The summed E-state index contributed by atoms with van der Waals surface area (Å²) in [7, 11) is 0. The molecule has 18 heavy (non-hydrogen) atoms. The molecule has 0 radical (unpaired) electrons. The van der Waals surface area contributed by atoms with E-state index in [1.807, 2.05) is 6.92 Å². The second-order valence-electron chi connectivity index (χ2n) is 7.13. The lowest BCUT2D eigenvalue weighted by Crippen LogP contribution is -2.35. The van der Waals surface area contributed by atoms with Crippen molar-refractivity contribution in [2.45, 2.75) is 58.5 Å². The van der Waals surface area contributed by atoms with Crippen molar-refractivity contribution in [3.8, 4) is 0 Å². The maximum atomic E-state index is 12.2. The molecule has 2 aliphatic rings. The molecular weight excluding hydrogens is 226 g/mol. The molecule has 2 atom stereocenters. The van der Waals surface area contributed by atoms with Crippen LogP contribution >= 0.6 is 0 Å². The monoisotopic (exact) mass is 253 g/mol.